The molecule has 6 heteroatoms. The average molecular weight is 252 g/mol. The highest BCUT2D eigenvalue weighted by atomic mass is 16.5. The van der Waals surface area contributed by atoms with Crippen molar-refractivity contribution in [1.82, 2.24) is 5.32 Å². The Morgan fingerprint density at radius 2 is 2.17 bits per heavy atom. The van der Waals surface area contributed by atoms with E-state index in [-0.39, 0.29) is 30.2 Å². The lowest BCUT2D eigenvalue weighted by atomic mass is 10.2. The van der Waals surface area contributed by atoms with E-state index in [2.05, 4.69) is 5.32 Å². The van der Waals surface area contributed by atoms with Gasteiger partial charge in [0, 0.05) is 6.54 Å². The van der Waals surface area contributed by atoms with Gasteiger partial charge in [-0.05, 0) is 25.1 Å². The molecule has 1 amide bonds. The number of benzene rings is 1. The normalized spacial score (nSPS) is 9.83. The molecule has 0 spiro atoms. The molecule has 4 N–H and O–H groups in total. The molecule has 1 aromatic carbocycles. The SMILES string of the molecule is CCNC(=O)CCOc1ccc(C(=O)O)cc1N. The molecule has 0 aromatic heterocycles. The minimum Gasteiger partial charge on any atom is -0.491 e. The van der Waals surface area contributed by atoms with Gasteiger partial charge < -0.3 is 20.9 Å². The van der Waals surface area contributed by atoms with E-state index in [4.69, 9.17) is 15.6 Å². The summed E-state index contributed by atoms with van der Waals surface area (Å²) in [6, 6.07) is 4.21. The van der Waals surface area contributed by atoms with E-state index < -0.39 is 5.97 Å². The van der Waals surface area contributed by atoms with Gasteiger partial charge in [0.2, 0.25) is 5.91 Å². The number of ether oxygens (including phenoxy) is 1. The molecule has 0 fully saturated rings. The summed E-state index contributed by atoms with van der Waals surface area (Å²) < 4.78 is 5.31. The highest BCUT2D eigenvalue weighted by Crippen LogP contribution is 2.22. The number of nitrogen functional groups attached to an aromatic ring is 1. The fourth-order valence-electron chi connectivity index (χ4n) is 1.35. The van der Waals surface area contributed by atoms with Crippen LogP contribution >= 0.6 is 0 Å². The van der Waals surface area contributed by atoms with E-state index in [0.717, 1.165) is 0 Å². The Morgan fingerprint density at radius 3 is 2.72 bits per heavy atom. The van der Waals surface area contributed by atoms with Crippen molar-refractivity contribution >= 4 is 17.6 Å². The van der Waals surface area contributed by atoms with Crippen LogP contribution in [-0.2, 0) is 4.79 Å². The van der Waals surface area contributed by atoms with Gasteiger partial charge in [-0.3, -0.25) is 4.79 Å². The Bertz CT molecular complexity index is 446. The van der Waals surface area contributed by atoms with Gasteiger partial charge in [-0.2, -0.15) is 0 Å². The predicted octanol–water partition coefficient (Wildman–Crippen LogP) is 0.872. The molecule has 1 aromatic rings. The Balaban J connectivity index is 2.53. The number of carbonyl (C=O) groups is 2. The van der Waals surface area contributed by atoms with Gasteiger partial charge in [0.25, 0.3) is 0 Å². The number of hydrogen-bond acceptors (Lipinski definition) is 4. The summed E-state index contributed by atoms with van der Waals surface area (Å²) in [5, 5.41) is 11.4. The third kappa shape index (κ3) is 3.97. The van der Waals surface area contributed by atoms with Crippen molar-refractivity contribution in [3.8, 4) is 5.75 Å². The van der Waals surface area contributed by atoms with Crippen LogP contribution < -0.4 is 15.8 Å². The van der Waals surface area contributed by atoms with Crippen molar-refractivity contribution in [3.05, 3.63) is 23.8 Å². The van der Waals surface area contributed by atoms with Crippen LogP contribution in [0.1, 0.15) is 23.7 Å². The zero-order valence-electron chi connectivity index (χ0n) is 10.1. The number of amides is 1. The number of anilines is 1. The minimum absolute atomic E-state index is 0.0989. The van der Waals surface area contributed by atoms with E-state index >= 15 is 0 Å². The Labute approximate surface area is 105 Å². The van der Waals surface area contributed by atoms with Crippen molar-refractivity contribution in [2.75, 3.05) is 18.9 Å². The van der Waals surface area contributed by atoms with Gasteiger partial charge in [0.1, 0.15) is 5.75 Å². The fraction of sp³-hybridized carbons (Fsp3) is 0.333. The first-order valence-electron chi connectivity index (χ1n) is 5.57. The maximum absolute atomic E-state index is 11.2. The summed E-state index contributed by atoms with van der Waals surface area (Å²) in [5.41, 5.74) is 5.99. The topological polar surface area (TPSA) is 102 Å². The van der Waals surface area contributed by atoms with Crippen molar-refractivity contribution < 1.29 is 19.4 Å². The summed E-state index contributed by atoms with van der Waals surface area (Å²) in [7, 11) is 0. The Morgan fingerprint density at radius 1 is 1.44 bits per heavy atom. The molecule has 0 aliphatic heterocycles. The van der Waals surface area contributed by atoms with Crippen molar-refractivity contribution in [1.29, 1.82) is 0 Å². The largest absolute Gasteiger partial charge is 0.491 e. The van der Waals surface area contributed by atoms with E-state index in [0.29, 0.717) is 12.3 Å². The number of aromatic carboxylic acids is 1. The van der Waals surface area contributed by atoms with Gasteiger partial charge in [0.05, 0.1) is 24.3 Å². The van der Waals surface area contributed by atoms with Crippen LogP contribution in [-0.4, -0.2) is 30.1 Å². The van der Waals surface area contributed by atoms with Crippen LogP contribution in [0.15, 0.2) is 18.2 Å². The van der Waals surface area contributed by atoms with Crippen LogP contribution in [0, 0.1) is 0 Å². The lowest BCUT2D eigenvalue weighted by Crippen LogP contribution is -2.24. The number of nitrogens with two attached hydrogens (primary N) is 1. The summed E-state index contributed by atoms with van der Waals surface area (Å²) in [5.74, 6) is -0.766. The van der Waals surface area contributed by atoms with E-state index in [9.17, 15) is 9.59 Å². The van der Waals surface area contributed by atoms with Crippen molar-refractivity contribution in [2.24, 2.45) is 0 Å². The fourth-order valence-corrected chi connectivity index (χ4v) is 1.35. The third-order valence-electron chi connectivity index (χ3n) is 2.22. The molecule has 0 unspecified atom stereocenters. The zero-order valence-corrected chi connectivity index (χ0v) is 10.1. The van der Waals surface area contributed by atoms with E-state index in [1.54, 1.807) is 0 Å². The molecule has 18 heavy (non-hydrogen) atoms. The average Bonchev–Trinajstić information content (AvgIpc) is 2.31. The van der Waals surface area contributed by atoms with Crippen molar-refractivity contribution in [3.63, 3.8) is 0 Å². The molecule has 0 saturated heterocycles. The maximum Gasteiger partial charge on any atom is 0.335 e. The van der Waals surface area contributed by atoms with Crippen LogP contribution in [0.25, 0.3) is 0 Å². The first kappa shape index (κ1) is 13.8. The molecule has 0 heterocycles. The lowest BCUT2D eigenvalue weighted by molar-refractivity contribution is -0.121. The number of carboxylic acids is 1. The van der Waals surface area contributed by atoms with Gasteiger partial charge >= 0.3 is 5.97 Å². The summed E-state index contributed by atoms with van der Waals surface area (Å²) in [4.78, 5) is 21.9. The summed E-state index contributed by atoms with van der Waals surface area (Å²) in [6.45, 7) is 2.61. The third-order valence-corrected chi connectivity index (χ3v) is 2.22. The second-order valence-corrected chi connectivity index (χ2v) is 3.61. The molecule has 0 radical (unpaired) electrons. The summed E-state index contributed by atoms with van der Waals surface area (Å²) in [6.07, 6.45) is 0.230. The molecule has 0 aliphatic rings. The second kappa shape index (κ2) is 6.48. The zero-order chi connectivity index (χ0) is 13.5. The van der Waals surface area contributed by atoms with E-state index in [1.165, 1.54) is 18.2 Å². The van der Waals surface area contributed by atoms with Crippen LogP contribution in [0.2, 0.25) is 0 Å². The Kier molecular flexibility index (Phi) is 4.98. The Hall–Kier alpha value is -2.24. The number of hydrogen-bond donors (Lipinski definition) is 3. The number of carboxylic acid groups (broad SMARTS) is 1. The van der Waals surface area contributed by atoms with Gasteiger partial charge in [0.15, 0.2) is 0 Å². The number of nitrogens with one attached hydrogen (secondary N) is 1. The molecule has 6 nitrogen and oxygen atoms in total. The monoisotopic (exact) mass is 252 g/mol. The molecular formula is C12H16N2O4. The van der Waals surface area contributed by atoms with Gasteiger partial charge in [-0.15, -0.1) is 0 Å². The summed E-state index contributed by atoms with van der Waals surface area (Å²) >= 11 is 0. The number of rotatable bonds is 6. The van der Waals surface area contributed by atoms with Crippen molar-refractivity contribution in [2.45, 2.75) is 13.3 Å². The lowest BCUT2D eigenvalue weighted by Gasteiger charge is -2.09. The molecule has 0 atom stereocenters. The molecule has 98 valence electrons. The minimum atomic E-state index is -1.05. The van der Waals surface area contributed by atoms with E-state index in [1.807, 2.05) is 6.92 Å². The molecule has 0 aliphatic carbocycles. The first-order valence-corrected chi connectivity index (χ1v) is 5.57. The van der Waals surface area contributed by atoms with Gasteiger partial charge in [-0.25, -0.2) is 4.79 Å². The number of carbonyl (C=O) groups excluding carboxylic acids is 1. The second-order valence-electron chi connectivity index (χ2n) is 3.61. The molecule has 0 bridgehead atoms. The molecule has 1 rings (SSSR count). The highest BCUT2D eigenvalue weighted by molar-refractivity contribution is 5.89. The quantitative estimate of drug-likeness (QED) is 0.652. The smallest absolute Gasteiger partial charge is 0.335 e. The van der Waals surface area contributed by atoms with Crippen LogP contribution in [0.3, 0.4) is 0 Å². The molecular weight excluding hydrogens is 236 g/mol. The van der Waals surface area contributed by atoms with Gasteiger partial charge in [-0.1, -0.05) is 0 Å². The maximum atomic E-state index is 11.2. The first-order chi connectivity index (χ1) is 8.54. The van der Waals surface area contributed by atoms with Crippen LogP contribution in [0.4, 0.5) is 5.69 Å². The molecule has 0 saturated carbocycles. The van der Waals surface area contributed by atoms with Crippen LogP contribution in [0.5, 0.6) is 5.75 Å². The standard InChI is InChI=1S/C12H16N2O4/c1-2-14-11(15)5-6-18-10-4-3-8(12(16)17)7-9(10)13/h3-4,7H,2,5-6,13H2,1H3,(H,14,15)(H,16,17). The highest BCUT2D eigenvalue weighted by Gasteiger charge is 2.07. The predicted molar refractivity (Wildman–Crippen MR) is 66.6 cm³/mol.